The lowest BCUT2D eigenvalue weighted by Gasteiger charge is -2.22. The number of hydrogen-bond donors (Lipinski definition) is 2. The van der Waals surface area contributed by atoms with Gasteiger partial charge in [0.1, 0.15) is 5.75 Å². The molecule has 1 amide bonds. The van der Waals surface area contributed by atoms with Gasteiger partial charge < -0.3 is 15.2 Å². The van der Waals surface area contributed by atoms with E-state index in [0.717, 1.165) is 12.0 Å². The van der Waals surface area contributed by atoms with E-state index in [1.807, 2.05) is 32.0 Å². The SMILES string of the molecule is CCCOc1cc(C)ccc1NC(=O)CC(C)(C)CC(=O)O. The highest BCUT2D eigenvalue weighted by molar-refractivity contribution is 5.93. The first-order valence-electron chi connectivity index (χ1n) is 7.48. The Morgan fingerprint density at radius 3 is 2.55 bits per heavy atom. The van der Waals surface area contributed by atoms with E-state index in [4.69, 9.17) is 9.84 Å². The molecule has 122 valence electrons. The second-order valence-electron chi connectivity index (χ2n) is 6.31. The Morgan fingerprint density at radius 2 is 1.95 bits per heavy atom. The molecule has 22 heavy (non-hydrogen) atoms. The summed E-state index contributed by atoms with van der Waals surface area (Å²) >= 11 is 0. The normalized spacial score (nSPS) is 11.1. The lowest BCUT2D eigenvalue weighted by Crippen LogP contribution is -2.25. The minimum Gasteiger partial charge on any atom is -0.491 e. The Morgan fingerprint density at radius 1 is 1.27 bits per heavy atom. The summed E-state index contributed by atoms with van der Waals surface area (Å²) in [6, 6.07) is 5.59. The molecular weight excluding hydrogens is 282 g/mol. The van der Waals surface area contributed by atoms with Crippen molar-refractivity contribution in [2.24, 2.45) is 5.41 Å². The second kappa shape index (κ2) is 7.82. The van der Waals surface area contributed by atoms with Crippen LogP contribution in [0, 0.1) is 12.3 Å². The molecule has 0 spiro atoms. The van der Waals surface area contributed by atoms with Gasteiger partial charge in [0.15, 0.2) is 0 Å². The van der Waals surface area contributed by atoms with Gasteiger partial charge in [-0.3, -0.25) is 9.59 Å². The van der Waals surface area contributed by atoms with Gasteiger partial charge in [0.25, 0.3) is 0 Å². The van der Waals surface area contributed by atoms with Crippen LogP contribution in [0.4, 0.5) is 5.69 Å². The average molecular weight is 307 g/mol. The molecule has 0 fully saturated rings. The van der Waals surface area contributed by atoms with E-state index in [2.05, 4.69) is 5.32 Å². The number of carboxylic acids is 1. The molecule has 1 aromatic carbocycles. The molecule has 5 heteroatoms. The van der Waals surface area contributed by atoms with Crippen LogP contribution < -0.4 is 10.1 Å². The van der Waals surface area contributed by atoms with Gasteiger partial charge in [-0.15, -0.1) is 0 Å². The molecule has 2 N–H and O–H groups in total. The van der Waals surface area contributed by atoms with Crippen LogP contribution in [-0.4, -0.2) is 23.6 Å². The number of amides is 1. The van der Waals surface area contributed by atoms with Gasteiger partial charge in [0.05, 0.1) is 18.7 Å². The average Bonchev–Trinajstić information content (AvgIpc) is 2.36. The summed E-state index contributed by atoms with van der Waals surface area (Å²) in [4.78, 5) is 23.0. The third-order valence-corrected chi connectivity index (χ3v) is 3.14. The van der Waals surface area contributed by atoms with Crippen LogP contribution in [0.2, 0.25) is 0 Å². The highest BCUT2D eigenvalue weighted by atomic mass is 16.5. The predicted molar refractivity (Wildman–Crippen MR) is 86.2 cm³/mol. The fourth-order valence-corrected chi connectivity index (χ4v) is 2.17. The summed E-state index contributed by atoms with van der Waals surface area (Å²) in [5, 5.41) is 11.7. The van der Waals surface area contributed by atoms with Gasteiger partial charge in [-0.2, -0.15) is 0 Å². The summed E-state index contributed by atoms with van der Waals surface area (Å²) in [7, 11) is 0. The fraction of sp³-hybridized carbons (Fsp3) is 0.529. The van der Waals surface area contributed by atoms with E-state index in [-0.39, 0.29) is 18.7 Å². The van der Waals surface area contributed by atoms with Crippen molar-refractivity contribution < 1.29 is 19.4 Å². The van der Waals surface area contributed by atoms with Crippen LogP contribution in [0.5, 0.6) is 5.75 Å². The number of carboxylic acid groups (broad SMARTS) is 1. The first-order valence-corrected chi connectivity index (χ1v) is 7.48. The summed E-state index contributed by atoms with van der Waals surface area (Å²) in [5.74, 6) is -0.470. The molecule has 0 radical (unpaired) electrons. The number of nitrogens with one attached hydrogen (secondary N) is 1. The second-order valence-corrected chi connectivity index (χ2v) is 6.31. The number of benzene rings is 1. The number of aryl methyl sites for hydroxylation is 1. The molecule has 0 bridgehead atoms. The quantitative estimate of drug-likeness (QED) is 0.769. The number of ether oxygens (including phenoxy) is 1. The minimum absolute atomic E-state index is 0.0481. The summed E-state index contributed by atoms with van der Waals surface area (Å²) in [6.45, 7) is 8.09. The van der Waals surface area contributed by atoms with Gasteiger partial charge in [-0.1, -0.05) is 26.8 Å². The Bertz CT molecular complexity index is 537. The smallest absolute Gasteiger partial charge is 0.303 e. The molecule has 0 aliphatic heterocycles. The van der Waals surface area contributed by atoms with Crippen LogP contribution in [-0.2, 0) is 9.59 Å². The van der Waals surface area contributed by atoms with Crippen molar-refractivity contribution in [3.05, 3.63) is 23.8 Å². The molecule has 1 rings (SSSR count). The van der Waals surface area contributed by atoms with Crippen LogP contribution in [0.15, 0.2) is 18.2 Å². The van der Waals surface area contributed by atoms with Crippen LogP contribution in [0.25, 0.3) is 0 Å². The van der Waals surface area contributed by atoms with E-state index < -0.39 is 11.4 Å². The summed E-state index contributed by atoms with van der Waals surface area (Å²) in [6.07, 6.45) is 0.973. The van der Waals surface area contributed by atoms with Crippen LogP contribution >= 0.6 is 0 Å². The molecule has 0 saturated heterocycles. The molecule has 5 nitrogen and oxygen atoms in total. The van der Waals surface area contributed by atoms with E-state index in [1.165, 1.54) is 0 Å². The Kier molecular flexibility index (Phi) is 6.40. The zero-order valence-corrected chi connectivity index (χ0v) is 13.7. The first-order chi connectivity index (χ1) is 10.2. The van der Waals surface area contributed by atoms with E-state index in [9.17, 15) is 9.59 Å². The molecule has 0 aliphatic carbocycles. The molecule has 0 aromatic heterocycles. The molecule has 0 heterocycles. The maximum atomic E-state index is 12.2. The molecule has 1 aromatic rings. The summed E-state index contributed by atoms with van der Waals surface area (Å²) < 4.78 is 5.65. The van der Waals surface area contributed by atoms with Gasteiger partial charge in [0.2, 0.25) is 5.91 Å². The zero-order valence-electron chi connectivity index (χ0n) is 13.7. The largest absolute Gasteiger partial charge is 0.491 e. The lowest BCUT2D eigenvalue weighted by molar-refractivity contribution is -0.139. The van der Waals surface area contributed by atoms with Crippen LogP contribution in [0.1, 0.15) is 45.6 Å². The van der Waals surface area contributed by atoms with Gasteiger partial charge >= 0.3 is 5.97 Å². The maximum absolute atomic E-state index is 12.2. The van der Waals surface area contributed by atoms with Gasteiger partial charge in [-0.25, -0.2) is 0 Å². The number of rotatable bonds is 8. The lowest BCUT2D eigenvalue weighted by atomic mass is 9.85. The molecule has 0 unspecified atom stereocenters. The number of aliphatic carboxylic acids is 1. The summed E-state index contributed by atoms with van der Waals surface area (Å²) in [5.41, 5.74) is 1.08. The van der Waals surface area contributed by atoms with Crippen LogP contribution in [0.3, 0.4) is 0 Å². The van der Waals surface area contributed by atoms with Crippen molar-refractivity contribution >= 4 is 17.6 Å². The highest BCUT2D eigenvalue weighted by Gasteiger charge is 2.25. The topological polar surface area (TPSA) is 75.6 Å². The number of anilines is 1. The van der Waals surface area contributed by atoms with Gasteiger partial charge in [-0.05, 0) is 36.5 Å². The van der Waals surface area contributed by atoms with Crippen molar-refractivity contribution in [1.29, 1.82) is 0 Å². The van der Waals surface area contributed by atoms with Crippen molar-refractivity contribution in [2.75, 3.05) is 11.9 Å². The fourth-order valence-electron chi connectivity index (χ4n) is 2.17. The number of carbonyl (C=O) groups is 2. The standard InChI is InChI=1S/C17H25NO4/c1-5-8-22-14-9-12(2)6-7-13(14)18-15(19)10-17(3,4)11-16(20)21/h6-7,9H,5,8,10-11H2,1-4H3,(H,18,19)(H,20,21). The van der Waals surface area contributed by atoms with Gasteiger partial charge in [0, 0.05) is 6.42 Å². The van der Waals surface area contributed by atoms with Crippen molar-refractivity contribution in [3.63, 3.8) is 0 Å². The number of hydrogen-bond acceptors (Lipinski definition) is 3. The Balaban J connectivity index is 2.77. The molecule has 0 saturated carbocycles. The zero-order chi connectivity index (χ0) is 16.8. The molecule has 0 aliphatic rings. The predicted octanol–water partition coefficient (Wildman–Crippen LogP) is 3.61. The molecule has 0 atom stereocenters. The van der Waals surface area contributed by atoms with E-state index >= 15 is 0 Å². The third-order valence-electron chi connectivity index (χ3n) is 3.14. The van der Waals surface area contributed by atoms with E-state index in [1.54, 1.807) is 13.8 Å². The third kappa shape index (κ3) is 6.16. The number of carbonyl (C=O) groups excluding carboxylic acids is 1. The monoisotopic (exact) mass is 307 g/mol. The Hall–Kier alpha value is -2.04. The van der Waals surface area contributed by atoms with E-state index in [0.29, 0.717) is 18.0 Å². The highest BCUT2D eigenvalue weighted by Crippen LogP contribution is 2.29. The van der Waals surface area contributed by atoms with Crippen molar-refractivity contribution in [3.8, 4) is 5.75 Å². The Labute approximate surface area is 131 Å². The minimum atomic E-state index is -0.903. The molecular formula is C17H25NO4. The van der Waals surface area contributed by atoms with Crippen molar-refractivity contribution in [2.45, 2.75) is 47.0 Å². The maximum Gasteiger partial charge on any atom is 0.303 e. The van der Waals surface area contributed by atoms with Crippen molar-refractivity contribution in [1.82, 2.24) is 0 Å². The first kappa shape index (κ1) is 18.0.